The lowest BCUT2D eigenvalue weighted by Crippen LogP contribution is -2.34. The van der Waals surface area contributed by atoms with E-state index in [4.69, 9.17) is 0 Å². The quantitative estimate of drug-likeness (QED) is 0.852. The lowest BCUT2D eigenvalue weighted by atomic mass is 10.1. The first-order valence-corrected chi connectivity index (χ1v) is 7.31. The van der Waals surface area contributed by atoms with Gasteiger partial charge in [0.1, 0.15) is 5.01 Å². The molecule has 0 bridgehead atoms. The molecule has 0 radical (unpaired) electrons. The minimum Gasteiger partial charge on any atom is -0.395 e. The molecular weight excluding hydrogens is 256 g/mol. The highest BCUT2D eigenvalue weighted by Gasteiger charge is 2.10. The van der Waals surface area contributed by atoms with Gasteiger partial charge >= 0.3 is 0 Å². The van der Waals surface area contributed by atoms with Crippen molar-refractivity contribution in [2.24, 2.45) is 0 Å². The van der Waals surface area contributed by atoms with Gasteiger partial charge in [-0.15, -0.1) is 11.3 Å². The molecule has 0 amide bonds. The van der Waals surface area contributed by atoms with E-state index in [1.54, 1.807) is 11.3 Å². The van der Waals surface area contributed by atoms with E-state index in [0.717, 1.165) is 23.7 Å². The number of hydrogen-bond donors (Lipinski definition) is 2. The average molecular weight is 276 g/mol. The molecule has 0 saturated heterocycles. The van der Waals surface area contributed by atoms with E-state index >= 15 is 0 Å². The third kappa shape index (κ3) is 4.13. The van der Waals surface area contributed by atoms with E-state index in [1.165, 1.54) is 10.4 Å². The lowest BCUT2D eigenvalue weighted by molar-refractivity contribution is 0.240. The van der Waals surface area contributed by atoms with Gasteiger partial charge in [0.15, 0.2) is 0 Å². The predicted octanol–water partition coefficient (Wildman–Crippen LogP) is 2.45. The highest BCUT2D eigenvalue weighted by molar-refractivity contribution is 7.11. The summed E-state index contributed by atoms with van der Waals surface area (Å²) in [5.41, 5.74) is 2.34. The molecule has 0 spiro atoms. The molecule has 1 aromatic heterocycles. The van der Waals surface area contributed by atoms with Crippen LogP contribution in [0, 0.1) is 13.8 Å². The molecule has 1 heterocycles. The van der Waals surface area contributed by atoms with Crippen molar-refractivity contribution in [1.82, 2.24) is 10.3 Å². The molecule has 3 nitrogen and oxygen atoms in total. The third-order valence-electron chi connectivity index (χ3n) is 3.16. The summed E-state index contributed by atoms with van der Waals surface area (Å²) in [4.78, 5) is 5.76. The molecule has 1 atom stereocenters. The van der Waals surface area contributed by atoms with Gasteiger partial charge in [0.05, 0.1) is 12.3 Å². The molecule has 0 aliphatic heterocycles. The fourth-order valence-electron chi connectivity index (χ4n) is 1.95. The Morgan fingerprint density at radius 3 is 2.58 bits per heavy atom. The van der Waals surface area contributed by atoms with Gasteiger partial charge in [-0.2, -0.15) is 0 Å². The van der Waals surface area contributed by atoms with Crippen LogP contribution in [0.4, 0.5) is 0 Å². The number of benzene rings is 1. The maximum atomic E-state index is 9.45. The van der Waals surface area contributed by atoms with Crippen LogP contribution in [0.25, 0.3) is 0 Å². The zero-order chi connectivity index (χ0) is 13.7. The first-order valence-electron chi connectivity index (χ1n) is 6.50. The van der Waals surface area contributed by atoms with Crippen LogP contribution in [0.1, 0.15) is 21.1 Å². The van der Waals surface area contributed by atoms with Gasteiger partial charge in [-0.1, -0.05) is 30.3 Å². The summed E-state index contributed by atoms with van der Waals surface area (Å²) in [5.74, 6) is 0. The normalized spacial score (nSPS) is 12.6. The number of rotatable bonds is 6. The van der Waals surface area contributed by atoms with Gasteiger partial charge < -0.3 is 10.4 Å². The van der Waals surface area contributed by atoms with Crippen LogP contribution in [-0.2, 0) is 13.0 Å². The second-order valence-electron chi connectivity index (χ2n) is 4.70. The zero-order valence-corrected chi connectivity index (χ0v) is 12.2. The topological polar surface area (TPSA) is 45.2 Å². The van der Waals surface area contributed by atoms with Crippen molar-refractivity contribution in [2.75, 3.05) is 6.61 Å². The van der Waals surface area contributed by atoms with E-state index in [1.807, 2.05) is 25.1 Å². The van der Waals surface area contributed by atoms with Crippen molar-refractivity contribution >= 4 is 11.3 Å². The summed E-state index contributed by atoms with van der Waals surface area (Å²) < 4.78 is 0. The lowest BCUT2D eigenvalue weighted by Gasteiger charge is -2.15. The first kappa shape index (κ1) is 14.2. The molecule has 0 fully saturated rings. The fourth-order valence-corrected chi connectivity index (χ4v) is 2.83. The number of nitrogens with one attached hydrogen (secondary N) is 1. The van der Waals surface area contributed by atoms with Crippen LogP contribution in [0.15, 0.2) is 30.3 Å². The first-order chi connectivity index (χ1) is 9.19. The van der Waals surface area contributed by atoms with Crippen LogP contribution >= 0.6 is 11.3 Å². The Hall–Kier alpha value is -1.23. The Morgan fingerprint density at radius 2 is 2.00 bits per heavy atom. The summed E-state index contributed by atoms with van der Waals surface area (Å²) in [6.07, 6.45) is 0.834. The largest absolute Gasteiger partial charge is 0.395 e. The SMILES string of the molecule is Cc1nc(CNC(CO)Cc2ccccc2)sc1C. The summed E-state index contributed by atoms with van der Waals surface area (Å²) in [6.45, 7) is 4.97. The Balaban J connectivity index is 1.89. The number of aromatic nitrogens is 1. The molecule has 0 aliphatic carbocycles. The van der Waals surface area contributed by atoms with Crippen molar-refractivity contribution in [3.63, 3.8) is 0 Å². The standard InChI is InChI=1S/C15H20N2OS/c1-11-12(2)19-15(17-11)9-16-14(10-18)8-13-6-4-3-5-7-13/h3-7,14,16,18H,8-10H2,1-2H3. The van der Waals surface area contributed by atoms with E-state index in [-0.39, 0.29) is 12.6 Å². The highest BCUT2D eigenvalue weighted by atomic mass is 32.1. The number of aryl methyl sites for hydroxylation is 2. The van der Waals surface area contributed by atoms with Gasteiger partial charge in [0.25, 0.3) is 0 Å². The van der Waals surface area contributed by atoms with E-state index in [2.05, 4.69) is 29.4 Å². The molecule has 19 heavy (non-hydrogen) atoms. The van der Waals surface area contributed by atoms with Gasteiger partial charge in [0.2, 0.25) is 0 Å². The predicted molar refractivity (Wildman–Crippen MR) is 79.4 cm³/mol. The average Bonchev–Trinajstić information content (AvgIpc) is 2.75. The Labute approximate surface area is 118 Å². The summed E-state index contributed by atoms with van der Waals surface area (Å²) in [7, 11) is 0. The molecule has 2 aromatic rings. The zero-order valence-electron chi connectivity index (χ0n) is 11.4. The Kier molecular flexibility index (Phi) is 5.07. The Morgan fingerprint density at radius 1 is 1.26 bits per heavy atom. The molecule has 2 N–H and O–H groups in total. The molecule has 0 saturated carbocycles. The molecule has 2 rings (SSSR count). The number of aliphatic hydroxyl groups excluding tert-OH is 1. The van der Waals surface area contributed by atoms with Crippen LogP contribution < -0.4 is 5.32 Å². The van der Waals surface area contributed by atoms with Crippen LogP contribution in [0.3, 0.4) is 0 Å². The monoisotopic (exact) mass is 276 g/mol. The number of hydrogen-bond acceptors (Lipinski definition) is 4. The van der Waals surface area contributed by atoms with Crippen LogP contribution in [-0.4, -0.2) is 22.7 Å². The van der Waals surface area contributed by atoms with E-state index in [0.29, 0.717) is 0 Å². The van der Waals surface area contributed by atoms with E-state index in [9.17, 15) is 5.11 Å². The van der Waals surface area contributed by atoms with Crippen LogP contribution in [0.2, 0.25) is 0 Å². The van der Waals surface area contributed by atoms with Crippen molar-refractivity contribution in [1.29, 1.82) is 0 Å². The smallest absolute Gasteiger partial charge is 0.107 e. The van der Waals surface area contributed by atoms with Gasteiger partial charge in [-0.05, 0) is 25.8 Å². The second kappa shape index (κ2) is 6.80. The van der Waals surface area contributed by atoms with Crippen molar-refractivity contribution in [3.8, 4) is 0 Å². The maximum Gasteiger partial charge on any atom is 0.107 e. The molecular formula is C15H20N2OS. The molecule has 102 valence electrons. The Bertz CT molecular complexity index is 491. The van der Waals surface area contributed by atoms with Gasteiger partial charge in [-0.3, -0.25) is 0 Å². The van der Waals surface area contributed by atoms with Crippen molar-refractivity contribution < 1.29 is 5.11 Å². The number of thiazole rings is 1. The summed E-state index contributed by atoms with van der Waals surface area (Å²) in [5, 5.41) is 13.9. The fraction of sp³-hybridized carbons (Fsp3) is 0.400. The van der Waals surface area contributed by atoms with E-state index < -0.39 is 0 Å². The molecule has 0 aliphatic rings. The highest BCUT2D eigenvalue weighted by Crippen LogP contribution is 2.16. The minimum absolute atomic E-state index is 0.0758. The minimum atomic E-state index is 0.0758. The van der Waals surface area contributed by atoms with Crippen molar-refractivity contribution in [2.45, 2.75) is 32.9 Å². The molecule has 1 unspecified atom stereocenters. The van der Waals surface area contributed by atoms with Crippen molar-refractivity contribution in [3.05, 3.63) is 51.5 Å². The second-order valence-corrected chi connectivity index (χ2v) is 5.99. The molecule has 1 aromatic carbocycles. The van der Waals surface area contributed by atoms with Gasteiger partial charge in [0, 0.05) is 17.5 Å². The number of aliphatic hydroxyl groups is 1. The van der Waals surface area contributed by atoms with Gasteiger partial charge in [-0.25, -0.2) is 4.98 Å². The number of nitrogens with zero attached hydrogens (tertiary/aromatic N) is 1. The third-order valence-corrected chi connectivity index (χ3v) is 4.23. The summed E-state index contributed by atoms with van der Waals surface area (Å²) in [6, 6.07) is 10.3. The van der Waals surface area contributed by atoms with Crippen LogP contribution in [0.5, 0.6) is 0 Å². The maximum absolute atomic E-state index is 9.45. The molecule has 4 heteroatoms. The summed E-state index contributed by atoms with van der Waals surface area (Å²) >= 11 is 1.72.